The molecule has 0 unspecified atom stereocenters. The number of pyridine rings is 1. The van der Waals surface area contributed by atoms with E-state index in [0.717, 1.165) is 0 Å². The molecular formula is C9H11N5O2S2. The molecule has 4 N–H and O–H groups in total. The number of nitrogens with one attached hydrogen (secondary N) is 2. The number of sulfonamides is 1. The summed E-state index contributed by atoms with van der Waals surface area (Å²) in [5.41, 5.74) is 2.54. The highest BCUT2D eigenvalue weighted by Crippen LogP contribution is 2.16. The maximum Gasteiger partial charge on any atom is 0.260 e. The molecule has 9 heteroatoms. The van der Waals surface area contributed by atoms with Crippen molar-refractivity contribution in [2.45, 2.75) is 11.6 Å². The third kappa shape index (κ3) is 2.82. The fraction of sp³-hybridized carbons (Fsp3) is 0.111. The highest BCUT2D eigenvalue weighted by molar-refractivity contribution is 7.89. The van der Waals surface area contributed by atoms with Gasteiger partial charge in [-0.15, -0.1) is 11.3 Å². The van der Waals surface area contributed by atoms with E-state index in [1.54, 1.807) is 17.6 Å². The van der Waals surface area contributed by atoms with Crippen LogP contribution in [0.15, 0.2) is 34.9 Å². The molecule has 2 aromatic heterocycles. The molecule has 0 aromatic carbocycles. The van der Waals surface area contributed by atoms with Gasteiger partial charge in [0.05, 0.1) is 12.2 Å². The maximum absolute atomic E-state index is 12.0. The summed E-state index contributed by atoms with van der Waals surface area (Å²) in [7, 11) is -3.72. The lowest BCUT2D eigenvalue weighted by atomic mass is 10.4. The number of thiazole rings is 1. The number of hydrogen-bond acceptors (Lipinski definition) is 7. The molecule has 0 aliphatic heterocycles. The third-order valence-electron chi connectivity index (χ3n) is 2.08. The van der Waals surface area contributed by atoms with Gasteiger partial charge in [-0.25, -0.2) is 23.1 Å². The monoisotopic (exact) mass is 285 g/mol. The molecule has 96 valence electrons. The number of hydrazine groups is 1. The Bertz CT molecular complexity index is 612. The quantitative estimate of drug-likeness (QED) is 0.538. The summed E-state index contributed by atoms with van der Waals surface area (Å²) in [5, 5.41) is 2.32. The van der Waals surface area contributed by atoms with E-state index in [2.05, 4.69) is 20.1 Å². The van der Waals surface area contributed by atoms with E-state index in [1.807, 2.05) is 0 Å². The van der Waals surface area contributed by atoms with E-state index in [1.165, 1.54) is 23.6 Å². The van der Waals surface area contributed by atoms with Crippen molar-refractivity contribution in [2.75, 3.05) is 5.43 Å². The Morgan fingerprint density at radius 3 is 2.83 bits per heavy atom. The highest BCUT2D eigenvalue weighted by atomic mass is 32.2. The van der Waals surface area contributed by atoms with Gasteiger partial charge in [0, 0.05) is 17.8 Å². The molecule has 0 bridgehead atoms. The van der Waals surface area contributed by atoms with Crippen molar-refractivity contribution >= 4 is 27.0 Å². The van der Waals surface area contributed by atoms with Gasteiger partial charge >= 0.3 is 0 Å². The largest absolute Gasteiger partial charge is 0.321 e. The van der Waals surface area contributed by atoms with Gasteiger partial charge in [-0.2, -0.15) is 0 Å². The van der Waals surface area contributed by atoms with Crippen molar-refractivity contribution in [3.63, 3.8) is 0 Å². The Labute approximate surface area is 108 Å². The van der Waals surface area contributed by atoms with Crippen LogP contribution in [0.1, 0.15) is 5.01 Å². The molecule has 7 nitrogen and oxygen atoms in total. The van der Waals surface area contributed by atoms with E-state index in [-0.39, 0.29) is 17.3 Å². The number of rotatable bonds is 5. The number of hydrogen-bond donors (Lipinski definition) is 3. The van der Waals surface area contributed by atoms with Crippen molar-refractivity contribution in [1.82, 2.24) is 14.7 Å². The minimum atomic E-state index is -3.72. The zero-order valence-electron chi connectivity index (χ0n) is 9.20. The Morgan fingerprint density at radius 1 is 1.33 bits per heavy atom. The smallest absolute Gasteiger partial charge is 0.260 e. The zero-order chi connectivity index (χ0) is 13.0. The lowest BCUT2D eigenvalue weighted by Gasteiger charge is -2.08. The molecule has 0 spiro atoms. The summed E-state index contributed by atoms with van der Waals surface area (Å²) in [6, 6.07) is 3.12. The Kier molecular flexibility index (Phi) is 3.87. The molecule has 0 radical (unpaired) electrons. The molecule has 2 heterocycles. The second kappa shape index (κ2) is 5.40. The van der Waals surface area contributed by atoms with E-state index in [4.69, 9.17) is 5.84 Å². The van der Waals surface area contributed by atoms with Crippen LogP contribution in [0.2, 0.25) is 0 Å². The van der Waals surface area contributed by atoms with Crippen LogP contribution in [0.3, 0.4) is 0 Å². The van der Waals surface area contributed by atoms with Crippen LogP contribution in [0.4, 0.5) is 5.69 Å². The first kappa shape index (κ1) is 12.9. The Morgan fingerprint density at radius 2 is 2.17 bits per heavy atom. The summed E-state index contributed by atoms with van der Waals surface area (Å²) in [4.78, 5) is 7.80. The number of nitrogen functional groups attached to an aromatic ring is 1. The van der Waals surface area contributed by atoms with E-state index >= 15 is 0 Å². The van der Waals surface area contributed by atoms with Crippen LogP contribution in [0.25, 0.3) is 0 Å². The average molecular weight is 285 g/mol. The van der Waals surface area contributed by atoms with Gasteiger partial charge in [-0.3, -0.25) is 5.84 Å². The summed E-state index contributed by atoms with van der Waals surface area (Å²) in [6.45, 7) is 0.126. The van der Waals surface area contributed by atoms with Gasteiger partial charge in [-0.1, -0.05) is 0 Å². The van der Waals surface area contributed by atoms with Crippen molar-refractivity contribution < 1.29 is 8.42 Å². The molecular weight excluding hydrogens is 274 g/mol. The van der Waals surface area contributed by atoms with E-state index in [0.29, 0.717) is 5.01 Å². The van der Waals surface area contributed by atoms with E-state index < -0.39 is 10.0 Å². The molecule has 2 aromatic rings. The number of anilines is 1. The Hall–Kier alpha value is -1.55. The molecule has 0 fully saturated rings. The normalized spacial score (nSPS) is 11.4. The molecule has 0 saturated carbocycles. The second-order valence-corrected chi connectivity index (χ2v) is 5.91. The standard InChI is InChI=1S/C9H11N5O2S2/c10-14-7-2-1-3-12-9(7)18(15,16)13-6-8-11-4-5-17-8/h1-5,13-14H,6,10H2. The van der Waals surface area contributed by atoms with Gasteiger partial charge in [0.1, 0.15) is 5.01 Å². The molecule has 18 heavy (non-hydrogen) atoms. The molecule has 0 atom stereocenters. The fourth-order valence-corrected chi connectivity index (χ4v) is 3.01. The van der Waals surface area contributed by atoms with Gasteiger partial charge in [0.25, 0.3) is 10.0 Å². The van der Waals surface area contributed by atoms with Crippen LogP contribution in [0, 0.1) is 0 Å². The van der Waals surface area contributed by atoms with Crippen LogP contribution >= 0.6 is 11.3 Å². The first-order chi connectivity index (χ1) is 8.63. The van der Waals surface area contributed by atoms with Crippen LogP contribution < -0.4 is 16.0 Å². The van der Waals surface area contributed by atoms with Gasteiger partial charge in [-0.05, 0) is 12.1 Å². The van der Waals surface area contributed by atoms with Gasteiger partial charge < -0.3 is 5.43 Å². The van der Waals surface area contributed by atoms with Crippen LogP contribution in [0.5, 0.6) is 0 Å². The number of nitrogens with zero attached hydrogens (tertiary/aromatic N) is 2. The molecule has 0 saturated heterocycles. The molecule has 2 rings (SSSR count). The average Bonchev–Trinajstić information content (AvgIpc) is 2.89. The minimum absolute atomic E-state index is 0.126. The molecule has 0 aliphatic carbocycles. The van der Waals surface area contributed by atoms with Crippen LogP contribution in [-0.2, 0) is 16.6 Å². The van der Waals surface area contributed by atoms with Gasteiger partial charge in [0.15, 0.2) is 5.03 Å². The second-order valence-electron chi connectivity index (χ2n) is 3.25. The van der Waals surface area contributed by atoms with Crippen molar-refractivity contribution in [1.29, 1.82) is 0 Å². The molecule has 0 aliphatic rings. The summed E-state index contributed by atoms with van der Waals surface area (Å²) >= 11 is 1.37. The summed E-state index contributed by atoms with van der Waals surface area (Å²) in [5.74, 6) is 5.25. The SMILES string of the molecule is NNc1cccnc1S(=O)(=O)NCc1nccs1. The molecule has 0 amide bonds. The Balaban J connectivity index is 2.20. The lowest BCUT2D eigenvalue weighted by Crippen LogP contribution is -2.26. The fourth-order valence-electron chi connectivity index (χ4n) is 1.28. The van der Waals surface area contributed by atoms with Crippen molar-refractivity contribution in [3.8, 4) is 0 Å². The number of aromatic nitrogens is 2. The van der Waals surface area contributed by atoms with E-state index in [9.17, 15) is 8.42 Å². The predicted octanol–water partition coefficient (Wildman–Crippen LogP) is 0.302. The van der Waals surface area contributed by atoms with Crippen LogP contribution in [-0.4, -0.2) is 18.4 Å². The minimum Gasteiger partial charge on any atom is -0.321 e. The zero-order valence-corrected chi connectivity index (χ0v) is 10.8. The third-order valence-corrected chi connectivity index (χ3v) is 4.22. The van der Waals surface area contributed by atoms with Crippen molar-refractivity contribution in [2.24, 2.45) is 5.84 Å². The van der Waals surface area contributed by atoms with Gasteiger partial charge in [0.2, 0.25) is 0 Å². The summed E-state index contributed by atoms with van der Waals surface area (Å²) in [6.07, 6.45) is 3.00. The first-order valence-electron chi connectivity index (χ1n) is 4.93. The highest BCUT2D eigenvalue weighted by Gasteiger charge is 2.19. The maximum atomic E-state index is 12.0. The lowest BCUT2D eigenvalue weighted by molar-refractivity contribution is 0.577. The van der Waals surface area contributed by atoms with Crippen molar-refractivity contribution in [3.05, 3.63) is 34.9 Å². The number of nitrogens with two attached hydrogens (primary N) is 1. The predicted molar refractivity (Wildman–Crippen MR) is 68.2 cm³/mol. The summed E-state index contributed by atoms with van der Waals surface area (Å²) < 4.78 is 26.4. The first-order valence-corrected chi connectivity index (χ1v) is 7.29. The topological polar surface area (TPSA) is 110 Å².